The predicted molar refractivity (Wildman–Crippen MR) is 80.7 cm³/mol. The second-order valence-corrected chi connectivity index (χ2v) is 5.17. The molecule has 1 atom stereocenters. The second kappa shape index (κ2) is 7.78. The SMILES string of the molecule is CCC(N)Cc1cc(F)cc(OCCCn2ccnc2)c1. The van der Waals surface area contributed by atoms with E-state index >= 15 is 0 Å². The maximum absolute atomic E-state index is 13.6. The van der Waals surface area contributed by atoms with Gasteiger partial charge in [0, 0.05) is 31.0 Å². The number of halogens is 1. The van der Waals surface area contributed by atoms with Crippen LogP contribution < -0.4 is 10.5 Å². The van der Waals surface area contributed by atoms with E-state index in [9.17, 15) is 4.39 Å². The van der Waals surface area contributed by atoms with E-state index in [0.29, 0.717) is 18.8 Å². The van der Waals surface area contributed by atoms with Gasteiger partial charge in [0.2, 0.25) is 0 Å². The van der Waals surface area contributed by atoms with Crippen LogP contribution >= 0.6 is 0 Å². The molecule has 1 aromatic carbocycles. The van der Waals surface area contributed by atoms with Gasteiger partial charge in [-0.05, 0) is 37.0 Å². The minimum atomic E-state index is -0.277. The summed E-state index contributed by atoms with van der Waals surface area (Å²) in [6, 6.07) is 4.86. The zero-order valence-electron chi connectivity index (χ0n) is 12.3. The number of ether oxygens (including phenoxy) is 1. The number of hydrogen-bond donors (Lipinski definition) is 1. The van der Waals surface area contributed by atoms with Crippen molar-refractivity contribution in [2.24, 2.45) is 5.73 Å². The molecular formula is C16H22FN3O. The van der Waals surface area contributed by atoms with E-state index in [4.69, 9.17) is 10.5 Å². The molecule has 0 fully saturated rings. The number of rotatable bonds is 8. The van der Waals surface area contributed by atoms with Gasteiger partial charge in [0.25, 0.3) is 0 Å². The van der Waals surface area contributed by atoms with Gasteiger partial charge in [0.1, 0.15) is 11.6 Å². The van der Waals surface area contributed by atoms with Crippen LogP contribution in [-0.4, -0.2) is 22.2 Å². The minimum Gasteiger partial charge on any atom is -0.493 e. The molecule has 0 aliphatic heterocycles. The summed E-state index contributed by atoms with van der Waals surface area (Å²) in [4.78, 5) is 3.98. The van der Waals surface area contributed by atoms with Gasteiger partial charge >= 0.3 is 0 Å². The number of aromatic nitrogens is 2. The Morgan fingerprint density at radius 3 is 2.95 bits per heavy atom. The highest BCUT2D eigenvalue weighted by molar-refractivity contribution is 5.30. The predicted octanol–water partition coefficient (Wildman–Crippen LogP) is 2.77. The summed E-state index contributed by atoms with van der Waals surface area (Å²) in [6.07, 6.45) is 7.81. The number of imidazole rings is 1. The lowest BCUT2D eigenvalue weighted by atomic mass is 10.0. The molecule has 2 N–H and O–H groups in total. The fourth-order valence-electron chi connectivity index (χ4n) is 2.13. The van der Waals surface area contributed by atoms with E-state index in [0.717, 1.165) is 24.9 Å². The Kier molecular flexibility index (Phi) is 5.75. The molecule has 21 heavy (non-hydrogen) atoms. The van der Waals surface area contributed by atoms with Crippen molar-refractivity contribution in [3.63, 3.8) is 0 Å². The number of nitrogens with zero attached hydrogens (tertiary/aromatic N) is 2. The Bertz CT molecular complexity index is 542. The van der Waals surface area contributed by atoms with Crippen molar-refractivity contribution < 1.29 is 9.13 Å². The molecule has 2 aromatic rings. The zero-order chi connectivity index (χ0) is 15.1. The Morgan fingerprint density at radius 2 is 2.24 bits per heavy atom. The van der Waals surface area contributed by atoms with E-state index in [1.807, 2.05) is 23.8 Å². The highest BCUT2D eigenvalue weighted by Crippen LogP contribution is 2.18. The van der Waals surface area contributed by atoms with Gasteiger partial charge in [0.15, 0.2) is 0 Å². The third-order valence-corrected chi connectivity index (χ3v) is 3.34. The molecule has 0 aliphatic rings. The van der Waals surface area contributed by atoms with Crippen molar-refractivity contribution in [2.45, 2.75) is 38.8 Å². The first-order chi connectivity index (χ1) is 10.2. The van der Waals surface area contributed by atoms with Crippen molar-refractivity contribution in [3.8, 4) is 5.75 Å². The Morgan fingerprint density at radius 1 is 1.38 bits per heavy atom. The molecule has 4 nitrogen and oxygen atoms in total. The average molecular weight is 291 g/mol. The largest absolute Gasteiger partial charge is 0.493 e. The van der Waals surface area contributed by atoms with Gasteiger partial charge < -0.3 is 15.0 Å². The number of aryl methyl sites for hydroxylation is 1. The van der Waals surface area contributed by atoms with Crippen LogP contribution in [0.5, 0.6) is 5.75 Å². The Balaban J connectivity index is 1.84. The smallest absolute Gasteiger partial charge is 0.127 e. The van der Waals surface area contributed by atoms with Gasteiger partial charge in [-0.25, -0.2) is 9.37 Å². The standard InChI is InChI=1S/C16H22FN3O/c1-2-15(18)9-13-8-14(17)11-16(10-13)21-7-3-5-20-6-4-19-12-20/h4,6,8,10-12,15H,2-3,5,7,9,18H2,1H3. The molecule has 0 saturated carbocycles. The zero-order valence-corrected chi connectivity index (χ0v) is 12.3. The summed E-state index contributed by atoms with van der Waals surface area (Å²) in [5.74, 6) is 0.291. The number of nitrogens with two attached hydrogens (primary N) is 1. The van der Waals surface area contributed by atoms with Gasteiger partial charge in [0.05, 0.1) is 12.9 Å². The molecule has 1 heterocycles. The summed E-state index contributed by atoms with van der Waals surface area (Å²) >= 11 is 0. The van der Waals surface area contributed by atoms with Crippen LogP contribution in [0.15, 0.2) is 36.9 Å². The summed E-state index contributed by atoms with van der Waals surface area (Å²) in [5, 5.41) is 0. The van der Waals surface area contributed by atoms with E-state index in [1.165, 1.54) is 12.1 Å². The van der Waals surface area contributed by atoms with Crippen LogP contribution in [0.25, 0.3) is 0 Å². The maximum Gasteiger partial charge on any atom is 0.127 e. The molecule has 114 valence electrons. The van der Waals surface area contributed by atoms with Gasteiger partial charge in [-0.15, -0.1) is 0 Å². The third-order valence-electron chi connectivity index (χ3n) is 3.34. The fraction of sp³-hybridized carbons (Fsp3) is 0.438. The molecule has 0 radical (unpaired) electrons. The van der Waals surface area contributed by atoms with Crippen molar-refractivity contribution >= 4 is 0 Å². The van der Waals surface area contributed by atoms with Crippen LogP contribution in [-0.2, 0) is 13.0 Å². The Labute approximate surface area is 124 Å². The molecule has 1 aromatic heterocycles. The molecule has 0 aliphatic carbocycles. The van der Waals surface area contributed by atoms with Crippen LogP contribution in [0.2, 0.25) is 0 Å². The first kappa shape index (κ1) is 15.5. The van der Waals surface area contributed by atoms with Crippen molar-refractivity contribution in [1.82, 2.24) is 9.55 Å². The molecule has 5 heteroatoms. The number of hydrogen-bond acceptors (Lipinski definition) is 3. The molecule has 0 spiro atoms. The van der Waals surface area contributed by atoms with Gasteiger partial charge in [-0.2, -0.15) is 0 Å². The molecule has 1 unspecified atom stereocenters. The summed E-state index contributed by atoms with van der Waals surface area (Å²) in [6.45, 7) is 3.40. The lowest BCUT2D eigenvalue weighted by Crippen LogP contribution is -2.21. The van der Waals surface area contributed by atoms with Crippen molar-refractivity contribution in [1.29, 1.82) is 0 Å². The van der Waals surface area contributed by atoms with Crippen LogP contribution in [0, 0.1) is 5.82 Å². The lowest BCUT2D eigenvalue weighted by molar-refractivity contribution is 0.300. The summed E-state index contributed by atoms with van der Waals surface area (Å²) < 4.78 is 21.2. The average Bonchev–Trinajstić information content (AvgIpc) is 2.96. The molecular weight excluding hydrogens is 269 g/mol. The number of benzene rings is 1. The van der Waals surface area contributed by atoms with E-state index in [1.54, 1.807) is 12.5 Å². The van der Waals surface area contributed by atoms with E-state index in [-0.39, 0.29) is 11.9 Å². The monoisotopic (exact) mass is 291 g/mol. The summed E-state index contributed by atoms with van der Waals surface area (Å²) in [5.41, 5.74) is 6.79. The maximum atomic E-state index is 13.6. The second-order valence-electron chi connectivity index (χ2n) is 5.17. The first-order valence-electron chi connectivity index (χ1n) is 7.31. The molecule has 0 amide bonds. The normalized spacial score (nSPS) is 12.3. The van der Waals surface area contributed by atoms with Gasteiger partial charge in [-0.1, -0.05) is 6.92 Å². The topological polar surface area (TPSA) is 53.1 Å². The molecule has 2 rings (SSSR count). The highest BCUT2D eigenvalue weighted by Gasteiger charge is 2.06. The Hall–Kier alpha value is -1.88. The van der Waals surface area contributed by atoms with E-state index < -0.39 is 0 Å². The highest BCUT2D eigenvalue weighted by atomic mass is 19.1. The first-order valence-corrected chi connectivity index (χ1v) is 7.31. The third kappa shape index (κ3) is 5.19. The van der Waals surface area contributed by atoms with Crippen molar-refractivity contribution in [2.75, 3.05) is 6.61 Å². The minimum absolute atomic E-state index is 0.0564. The van der Waals surface area contributed by atoms with Crippen LogP contribution in [0.3, 0.4) is 0 Å². The summed E-state index contributed by atoms with van der Waals surface area (Å²) in [7, 11) is 0. The molecule has 0 bridgehead atoms. The van der Waals surface area contributed by atoms with Gasteiger partial charge in [-0.3, -0.25) is 0 Å². The van der Waals surface area contributed by atoms with Crippen LogP contribution in [0.1, 0.15) is 25.3 Å². The van der Waals surface area contributed by atoms with Crippen molar-refractivity contribution in [3.05, 3.63) is 48.3 Å². The quantitative estimate of drug-likeness (QED) is 0.761. The van der Waals surface area contributed by atoms with Crippen LogP contribution in [0.4, 0.5) is 4.39 Å². The molecule has 0 saturated heterocycles. The lowest BCUT2D eigenvalue weighted by Gasteiger charge is -2.11. The fourth-order valence-corrected chi connectivity index (χ4v) is 2.13. The van der Waals surface area contributed by atoms with E-state index in [2.05, 4.69) is 4.98 Å².